The molecular weight excluding hydrogens is 322 g/mol. The summed E-state index contributed by atoms with van der Waals surface area (Å²) < 4.78 is 10.6. The van der Waals surface area contributed by atoms with Gasteiger partial charge in [-0.05, 0) is 38.0 Å². The number of amides is 1. The molecule has 0 unspecified atom stereocenters. The summed E-state index contributed by atoms with van der Waals surface area (Å²) in [5.41, 5.74) is -0.724. The summed E-state index contributed by atoms with van der Waals surface area (Å²) in [4.78, 5) is 26.8. The molecular formula is C19H25NO5. The van der Waals surface area contributed by atoms with Crippen molar-refractivity contribution in [3.63, 3.8) is 0 Å². The van der Waals surface area contributed by atoms with Gasteiger partial charge < -0.3 is 19.5 Å². The minimum atomic E-state index is -0.871. The lowest BCUT2D eigenvalue weighted by Crippen LogP contribution is -2.46. The third-order valence-electron chi connectivity index (χ3n) is 5.77. The van der Waals surface area contributed by atoms with Crippen LogP contribution in [0.25, 0.3) is 0 Å². The minimum absolute atomic E-state index is 0.0484. The quantitative estimate of drug-likeness (QED) is 0.901. The number of carbonyl (C=O) groups is 2. The van der Waals surface area contributed by atoms with E-state index in [1.54, 1.807) is 12.0 Å². The number of benzene rings is 1. The first-order chi connectivity index (χ1) is 11.8. The van der Waals surface area contributed by atoms with E-state index in [0.717, 1.165) is 11.3 Å². The summed E-state index contributed by atoms with van der Waals surface area (Å²) in [6.07, 6.45) is 0.458. The molecule has 25 heavy (non-hydrogen) atoms. The first kappa shape index (κ1) is 17.7. The molecule has 2 saturated heterocycles. The van der Waals surface area contributed by atoms with Crippen molar-refractivity contribution < 1.29 is 24.2 Å². The van der Waals surface area contributed by atoms with Crippen molar-refractivity contribution in [3.8, 4) is 5.75 Å². The predicted molar refractivity (Wildman–Crippen MR) is 91.6 cm³/mol. The smallest absolute Gasteiger partial charge is 0.311 e. The van der Waals surface area contributed by atoms with Crippen molar-refractivity contribution >= 4 is 11.9 Å². The van der Waals surface area contributed by atoms with Crippen molar-refractivity contribution in [2.75, 3.05) is 33.4 Å². The summed E-state index contributed by atoms with van der Waals surface area (Å²) in [5, 5.41) is 9.77. The standard InChI is InChI=1S/C19H25NO5/c1-18(2,13-4-6-15(24-3)7-5-13)16(21)20-10-14-11-25-9-8-19(14,12-20)17(22)23/h4-7,14H,8-12H2,1-3H3,(H,22,23)/t14-,19+/m0/s1. The fourth-order valence-corrected chi connectivity index (χ4v) is 3.98. The topological polar surface area (TPSA) is 76.1 Å². The maximum atomic E-state index is 13.2. The fraction of sp³-hybridized carbons (Fsp3) is 0.579. The van der Waals surface area contributed by atoms with E-state index in [1.807, 2.05) is 38.1 Å². The van der Waals surface area contributed by atoms with Crippen LogP contribution < -0.4 is 4.74 Å². The molecule has 2 atom stereocenters. The summed E-state index contributed by atoms with van der Waals surface area (Å²) in [7, 11) is 1.60. The zero-order valence-corrected chi connectivity index (χ0v) is 14.9. The molecule has 1 N–H and O–H groups in total. The predicted octanol–water partition coefficient (Wildman–Crippen LogP) is 1.92. The Balaban J connectivity index is 1.83. The van der Waals surface area contributed by atoms with Crippen LogP contribution in [-0.2, 0) is 19.7 Å². The van der Waals surface area contributed by atoms with Gasteiger partial charge in [0.05, 0.1) is 24.5 Å². The second-order valence-corrected chi connectivity index (χ2v) is 7.52. The number of nitrogens with zero attached hydrogens (tertiary/aromatic N) is 1. The summed E-state index contributed by atoms with van der Waals surface area (Å²) in [5.74, 6) is -0.276. The number of fused-ring (bicyclic) bond motifs is 1. The first-order valence-corrected chi connectivity index (χ1v) is 8.56. The van der Waals surface area contributed by atoms with Crippen molar-refractivity contribution in [1.29, 1.82) is 0 Å². The van der Waals surface area contributed by atoms with Gasteiger partial charge in [0, 0.05) is 25.6 Å². The number of hydrogen-bond acceptors (Lipinski definition) is 4. The number of likely N-dealkylation sites (tertiary alicyclic amines) is 1. The average Bonchev–Trinajstić information content (AvgIpc) is 3.02. The molecule has 2 heterocycles. The molecule has 1 aromatic rings. The molecule has 0 aliphatic carbocycles. The number of carboxylic acid groups (broad SMARTS) is 1. The van der Waals surface area contributed by atoms with Gasteiger partial charge in [-0.3, -0.25) is 9.59 Å². The van der Waals surface area contributed by atoms with Crippen LogP contribution in [0.1, 0.15) is 25.8 Å². The lowest BCUT2D eigenvalue weighted by atomic mass is 9.74. The maximum absolute atomic E-state index is 13.2. The van der Waals surface area contributed by atoms with Crippen molar-refractivity contribution in [3.05, 3.63) is 29.8 Å². The highest BCUT2D eigenvalue weighted by molar-refractivity contribution is 5.89. The van der Waals surface area contributed by atoms with Gasteiger partial charge in [0.1, 0.15) is 5.75 Å². The zero-order valence-electron chi connectivity index (χ0n) is 14.9. The van der Waals surface area contributed by atoms with Crippen LogP contribution in [0.3, 0.4) is 0 Å². The number of carboxylic acids is 1. The summed E-state index contributed by atoms with van der Waals surface area (Å²) in [6, 6.07) is 7.44. The van der Waals surface area contributed by atoms with Gasteiger partial charge in [0.15, 0.2) is 0 Å². The van der Waals surface area contributed by atoms with Crippen molar-refractivity contribution in [2.24, 2.45) is 11.3 Å². The Morgan fingerprint density at radius 2 is 2.00 bits per heavy atom. The van der Waals surface area contributed by atoms with E-state index in [9.17, 15) is 14.7 Å². The third-order valence-corrected chi connectivity index (χ3v) is 5.77. The SMILES string of the molecule is COc1ccc(C(C)(C)C(=O)N2C[C@H]3COCC[C@@]3(C(=O)O)C2)cc1. The lowest BCUT2D eigenvalue weighted by Gasteiger charge is -2.34. The van der Waals surface area contributed by atoms with Crippen LogP contribution >= 0.6 is 0 Å². The van der Waals surface area contributed by atoms with Gasteiger partial charge in [-0.1, -0.05) is 12.1 Å². The Hall–Kier alpha value is -2.08. The Labute approximate surface area is 147 Å². The van der Waals surface area contributed by atoms with Gasteiger partial charge >= 0.3 is 5.97 Å². The van der Waals surface area contributed by atoms with Crippen LogP contribution in [0, 0.1) is 11.3 Å². The number of aliphatic carboxylic acids is 1. The molecule has 0 aromatic heterocycles. The third kappa shape index (κ3) is 2.88. The molecule has 3 rings (SSSR count). The number of methoxy groups -OCH3 is 1. The van der Waals surface area contributed by atoms with E-state index >= 15 is 0 Å². The fourth-order valence-electron chi connectivity index (χ4n) is 3.98. The van der Waals surface area contributed by atoms with Crippen LogP contribution in [0.5, 0.6) is 5.75 Å². The molecule has 1 amide bonds. The lowest BCUT2D eigenvalue weighted by molar-refractivity contribution is -0.157. The second kappa shape index (κ2) is 6.33. The van der Waals surface area contributed by atoms with Gasteiger partial charge in [-0.2, -0.15) is 0 Å². The number of carbonyl (C=O) groups excluding carboxylic acids is 1. The summed E-state index contributed by atoms with van der Waals surface area (Å²) >= 11 is 0. The van der Waals surface area contributed by atoms with Crippen LogP contribution in [-0.4, -0.2) is 55.3 Å². The zero-order chi connectivity index (χ0) is 18.2. The monoisotopic (exact) mass is 347 g/mol. The number of hydrogen-bond donors (Lipinski definition) is 1. The van der Waals surface area contributed by atoms with Crippen LogP contribution in [0.15, 0.2) is 24.3 Å². The van der Waals surface area contributed by atoms with Gasteiger partial charge in [-0.25, -0.2) is 0 Å². The Morgan fingerprint density at radius 3 is 2.56 bits per heavy atom. The maximum Gasteiger partial charge on any atom is 0.311 e. The molecule has 2 aliphatic rings. The Kier molecular flexibility index (Phi) is 4.49. The van der Waals surface area contributed by atoms with Crippen molar-refractivity contribution in [1.82, 2.24) is 4.90 Å². The average molecular weight is 347 g/mol. The first-order valence-electron chi connectivity index (χ1n) is 8.56. The van der Waals surface area contributed by atoms with Crippen molar-refractivity contribution in [2.45, 2.75) is 25.7 Å². The molecule has 0 saturated carbocycles. The molecule has 1 aromatic carbocycles. The van der Waals surface area contributed by atoms with E-state index < -0.39 is 16.8 Å². The Morgan fingerprint density at radius 1 is 1.32 bits per heavy atom. The van der Waals surface area contributed by atoms with Gasteiger partial charge in [0.2, 0.25) is 5.91 Å². The molecule has 0 radical (unpaired) electrons. The highest BCUT2D eigenvalue weighted by Crippen LogP contribution is 2.44. The van der Waals surface area contributed by atoms with E-state index in [-0.39, 0.29) is 18.4 Å². The van der Waals surface area contributed by atoms with E-state index in [0.29, 0.717) is 26.2 Å². The normalized spacial score (nSPS) is 26.2. The highest BCUT2D eigenvalue weighted by atomic mass is 16.5. The summed E-state index contributed by atoms with van der Waals surface area (Å²) in [6.45, 7) is 5.29. The van der Waals surface area contributed by atoms with Crippen LogP contribution in [0.4, 0.5) is 0 Å². The molecule has 2 fully saturated rings. The van der Waals surface area contributed by atoms with Gasteiger partial charge in [0.25, 0.3) is 0 Å². The highest BCUT2D eigenvalue weighted by Gasteiger charge is 2.56. The molecule has 136 valence electrons. The van der Waals surface area contributed by atoms with E-state index in [1.165, 1.54) is 0 Å². The van der Waals surface area contributed by atoms with E-state index in [4.69, 9.17) is 9.47 Å². The number of rotatable bonds is 4. The molecule has 0 bridgehead atoms. The second-order valence-electron chi connectivity index (χ2n) is 7.52. The van der Waals surface area contributed by atoms with Gasteiger partial charge in [-0.15, -0.1) is 0 Å². The van der Waals surface area contributed by atoms with E-state index in [2.05, 4.69) is 0 Å². The van der Waals surface area contributed by atoms with Crippen LogP contribution in [0.2, 0.25) is 0 Å². The Bertz CT molecular complexity index is 669. The molecule has 2 aliphatic heterocycles. The molecule has 6 heteroatoms. The molecule has 6 nitrogen and oxygen atoms in total. The molecule has 0 spiro atoms. The number of ether oxygens (including phenoxy) is 2. The largest absolute Gasteiger partial charge is 0.497 e. The minimum Gasteiger partial charge on any atom is -0.497 e.